The molecule has 1 saturated carbocycles. The molecule has 2 aliphatic rings. The summed E-state index contributed by atoms with van der Waals surface area (Å²) in [6, 6.07) is 0. The molecule has 0 atom stereocenters. The van der Waals surface area contributed by atoms with Crippen molar-refractivity contribution in [1.29, 1.82) is 0 Å². The van der Waals surface area contributed by atoms with Gasteiger partial charge in [0.15, 0.2) is 0 Å². The van der Waals surface area contributed by atoms with Gasteiger partial charge in [-0.15, -0.1) is 0 Å². The van der Waals surface area contributed by atoms with Crippen LogP contribution in [0.2, 0.25) is 0 Å². The van der Waals surface area contributed by atoms with E-state index < -0.39 is 0 Å². The molecule has 76 valence electrons. The monoisotopic (exact) mass is 182 g/mol. The van der Waals surface area contributed by atoms with E-state index in [2.05, 4.69) is 18.9 Å². The Hall–Kier alpha value is -0.0800. The van der Waals surface area contributed by atoms with Gasteiger partial charge in [-0.25, -0.2) is 5.01 Å². The predicted molar refractivity (Wildman–Crippen MR) is 55.1 cm³/mol. The lowest BCUT2D eigenvalue weighted by atomic mass is 9.63. The van der Waals surface area contributed by atoms with Crippen molar-refractivity contribution in [2.45, 2.75) is 57.9 Å². The van der Waals surface area contributed by atoms with E-state index in [0.29, 0.717) is 5.41 Å². The minimum absolute atomic E-state index is 0.230. The highest BCUT2D eigenvalue weighted by molar-refractivity contribution is 5.05. The highest BCUT2D eigenvalue weighted by Gasteiger charge is 2.52. The second kappa shape index (κ2) is 2.96. The molecule has 1 spiro atoms. The molecule has 0 aromatic heterocycles. The van der Waals surface area contributed by atoms with E-state index in [1.54, 1.807) is 0 Å². The average molecular weight is 182 g/mol. The van der Waals surface area contributed by atoms with E-state index in [0.717, 1.165) is 6.54 Å². The lowest BCUT2D eigenvalue weighted by Crippen LogP contribution is -2.52. The smallest absolute Gasteiger partial charge is 0.0352 e. The number of hydrogen-bond acceptors (Lipinski definition) is 2. The normalized spacial score (nSPS) is 32.5. The molecule has 1 aliphatic carbocycles. The van der Waals surface area contributed by atoms with Crippen molar-refractivity contribution in [3.05, 3.63) is 0 Å². The average Bonchev–Trinajstić information content (AvgIpc) is 2.33. The quantitative estimate of drug-likeness (QED) is 0.582. The van der Waals surface area contributed by atoms with Crippen molar-refractivity contribution in [1.82, 2.24) is 5.01 Å². The largest absolute Gasteiger partial charge is 0.268 e. The third-order valence-electron chi connectivity index (χ3n) is 4.66. The first-order valence-corrected chi connectivity index (χ1v) is 5.61. The zero-order chi connectivity index (χ0) is 9.53. The zero-order valence-electron chi connectivity index (χ0n) is 8.97. The summed E-state index contributed by atoms with van der Waals surface area (Å²) in [4.78, 5) is 0. The summed E-state index contributed by atoms with van der Waals surface area (Å²) in [5.41, 5.74) is 0.771. The second-order valence-electron chi connectivity index (χ2n) is 5.34. The van der Waals surface area contributed by atoms with E-state index in [-0.39, 0.29) is 5.54 Å². The molecule has 0 unspecified atom stereocenters. The summed E-state index contributed by atoms with van der Waals surface area (Å²) in [6.07, 6.45) is 8.37. The molecule has 2 N–H and O–H groups in total. The standard InChI is InChI=1S/C11H22N2/c1-10(2)11(8-9-13(10)12)6-4-3-5-7-11/h3-9,12H2,1-2H3. The summed E-state index contributed by atoms with van der Waals surface area (Å²) in [7, 11) is 0. The Labute approximate surface area is 81.4 Å². The first-order valence-electron chi connectivity index (χ1n) is 5.61. The molecule has 1 aliphatic heterocycles. The number of rotatable bonds is 0. The molecule has 2 fully saturated rings. The van der Waals surface area contributed by atoms with Gasteiger partial charge in [-0.3, -0.25) is 5.84 Å². The van der Waals surface area contributed by atoms with Crippen LogP contribution in [0, 0.1) is 5.41 Å². The van der Waals surface area contributed by atoms with Crippen molar-refractivity contribution < 1.29 is 0 Å². The Balaban J connectivity index is 2.21. The molecule has 2 nitrogen and oxygen atoms in total. The fraction of sp³-hybridized carbons (Fsp3) is 1.00. The van der Waals surface area contributed by atoms with Crippen LogP contribution in [0.25, 0.3) is 0 Å². The lowest BCUT2D eigenvalue weighted by Gasteiger charge is -2.46. The van der Waals surface area contributed by atoms with Crippen LogP contribution < -0.4 is 5.84 Å². The van der Waals surface area contributed by atoms with Gasteiger partial charge < -0.3 is 0 Å². The van der Waals surface area contributed by atoms with Crippen molar-refractivity contribution in [3.63, 3.8) is 0 Å². The topological polar surface area (TPSA) is 29.3 Å². The molecule has 2 heteroatoms. The maximum atomic E-state index is 6.05. The van der Waals surface area contributed by atoms with Gasteiger partial charge in [0.1, 0.15) is 0 Å². The molecule has 1 saturated heterocycles. The molecule has 0 aromatic carbocycles. The molecule has 1 heterocycles. The molecular formula is C11H22N2. The molecule has 0 aromatic rings. The highest BCUT2D eigenvalue weighted by atomic mass is 15.5. The van der Waals surface area contributed by atoms with Crippen molar-refractivity contribution in [3.8, 4) is 0 Å². The van der Waals surface area contributed by atoms with E-state index in [1.807, 2.05) is 0 Å². The maximum Gasteiger partial charge on any atom is 0.0352 e. The van der Waals surface area contributed by atoms with Gasteiger partial charge in [-0.2, -0.15) is 0 Å². The van der Waals surface area contributed by atoms with Crippen LogP contribution in [0.1, 0.15) is 52.4 Å². The second-order valence-corrected chi connectivity index (χ2v) is 5.34. The molecule has 0 bridgehead atoms. The summed E-state index contributed by atoms with van der Waals surface area (Å²) in [6.45, 7) is 5.74. The Kier molecular flexibility index (Phi) is 2.16. The van der Waals surface area contributed by atoms with Crippen LogP contribution in [-0.4, -0.2) is 17.1 Å². The minimum Gasteiger partial charge on any atom is -0.268 e. The lowest BCUT2D eigenvalue weighted by molar-refractivity contribution is 0.0358. The van der Waals surface area contributed by atoms with Crippen LogP contribution in [-0.2, 0) is 0 Å². The third-order valence-corrected chi connectivity index (χ3v) is 4.66. The van der Waals surface area contributed by atoms with Crippen LogP contribution in [0.5, 0.6) is 0 Å². The predicted octanol–water partition coefficient (Wildman–Crippen LogP) is 2.29. The minimum atomic E-state index is 0.230. The van der Waals surface area contributed by atoms with Crippen molar-refractivity contribution in [2.75, 3.05) is 6.54 Å². The van der Waals surface area contributed by atoms with Crippen LogP contribution in [0.3, 0.4) is 0 Å². The Bertz CT molecular complexity index is 187. The fourth-order valence-corrected chi connectivity index (χ4v) is 3.31. The number of hydrogen-bond donors (Lipinski definition) is 1. The summed E-state index contributed by atoms with van der Waals surface area (Å²) < 4.78 is 0. The van der Waals surface area contributed by atoms with Crippen LogP contribution >= 0.6 is 0 Å². The maximum absolute atomic E-state index is 6.05. The Morgan fingerprint density at radius 3 is 2.08 bits per heavy atom. The van der Waals surface area contributed by atoms with Crippen LogP contribution in [0.4, 0.5) is 0 Å². The first kappa shape index (κ1) is 9.47. The number of nitrogens with zero attached hydrogens (tertiary/aromatic N) is 1. The molecular weight excluding hydrogens is 160 g/mol. The molecule has 0 amide bonds. The van der Waals surface area contributed by atoms with Gasteiger partial charge in [0, 0.05) is 12.1 Å². The zero-order valence-corrected chi connectivity index (χ0v) is 8.97. The summed E-state index contributed by atoms with van der Waals surface area (Å²) in [5, 5.41) is 2.07. The molecule has 2 rings (SSSR count). The van der Waals surface area contributed by atoms with E-state index in [9.17, 15) is 0 Å². The Morgan fingerprint density at radius 2 is 1.62 bits per heavy atom. The molecule has 13 heavy (non-hydrogen) atoms. The fourth-order valence-electron chi connectivity index (χ4n) is 3.31. The van der Waals surface area contributed by atoms with Gasteiger partial charge in [0.05, 0.1) is 0 Å². The third kappa shape index (κ3) is 1.23. The molecule has 0 radical (unpaired) electrons. The van der Waals surface area contributed by atoms with Crippen molar-refractivity contribution >= 4 is 0 Å². The van der Waals surface area contributed by atoms with E-state index >= 15 is 0 Å². The summed E-state index contributed by atoms with van der Waals surface area (Å²) in [5.74, 6) is 6.05. The van der Waals surface area contributed by atoms with E-state index in [1.165, 1.54) is 38.5 Å². The van der Waals surface area contributed by atoms with Gasteiger partial charge >= 0.3 is 0 Å². The van der Waals surface area contributed by atoms with Crippen LogP contribution in [0.15, 0.2) is 0 Å². The summed E-state index contributed by atoms with van der Waals surface area (Å²) >= 11 is 0. The van der Waals surface area contributed by atoms with Gasteiger partial charge in [0.2, 0.25) is 0 Å². The Morgan fingerprint density at radius 1 is 1.00 bits per heavy atom. The number of hydrazine groups is 1. The van der Waals surface area contributed by atoms with Gasteiger partial charge in [0.25, 0.3) is 0 Å². The van der Waals surface area contributed by atoms with Gasteiger partial charge in [-0.05, 0) is 38.5 Å². The van der Waals surface area contributed by atoms with Crippen molar-refractivity contribution in [2.24, 2.45) is 11.3 Å². The SMILES string of the molecule is CC1(C)N(N)CCC12CCCCC2. The number of nitrogens with two attached hydrogens (primary N) is 1. The highest BCUT2D eigenvalue weighted by Crippen LogP contribution is 2.52. The first-order chi connectivity index (χ1) is 6.08. The van der Waals surface area contributed by atoms with E-state index in [4.69, 9.17) is 5.84 Å². The van der Waals surface area contributed by atoms with Gasteiger partial charge in [-0.1, -0.05) is 19.3 Å².